The molecule has 2 unspecified atom stereocenters. The molecule has 14 heavy (non-hydrogen) atoms. The van der Waals surface area contributed by atoms with E-state index in [-0.39, 0.29) is 6.10 Å². The molecule has 2 nitrogen and oxygen atoms in total. The van der Waals surface area contributed by atoms with Crippen molar-refractivity contribution in [1.29, 1.82) is 0 Å². The molecule has 0 aliphatic heterocycles. The summed E-state index contributed by atoms with van der Waals surface area (Å²) in [5.74, 6) is 1.16. The van der Waals surface area contributed by atoms with Crippen LogP contribution in [0.1, 0.15) is 52.9 Å². The summed E-state index contributed by atoms with van der Waals surface area (Å²) in [6.07, 6.45) is 4.76. The zero-order valence-corrected chi connectivity index (χ0v) is 9.87. The van der Waals surface area contributed by atoms with E-state index in [1.54, 1.807) is 0 Å². The zero-order valence-electron chi connectivity index (χ0n) is 9.87. The normalized spacial score (nSPS) is 15.9. The third kappa shape index (κ3) is 8.52. The Morgan fingerprint density at radius 2 is 1.64 bits per heavy atom. The lowest BCUT2D eigenvalue weighted by Crippen LogP contribution is -2.14. The SMILES string of the molecule is CC(C)CC(O)CC(C)CCCCO. The predicted octanol–water partition coefficient (Wildman–Crippen LogP) is 2.58. The maximum absolute atomic E-state index is 9.70. The first kappa shape index (κ1) is 13.9. The van der Waals surface area contributed by atoms with E-state index in [9.17, 15) is 5.11 Å². The van der Waals surface area contributed by atoms with Gasteiger partial charge in [-0.15, -0.1) is 0 Å². The van der Waals surface area contributed by atoms with Gasteiger partial charge in [0.25, 0.3) is 0 Å². The molecule has 0 aromatic carbocycles. The fraction of sp³-hybridized carbons (Fsp3) is 1.00. The fourth-order valence-corrected chi connectivity index (χ4v) is 1.83. The van der Waals surface area contributed by atoms with Gasteiger partial charge in [-0.1, -0.05) is 33.6 Å². The molecule has 2 atom stereocenters. The minimum atomic E-state index is -0.140. The third-order valence-electron chi connectivity index (χ3n) is 2.52. The van der Waals surface area contributed by atoms with Gasteiger partial charge >= 0.3 is 0 Å². The van der Waals surface area contributed by atoms with Crippen LogP contribution in [-0.2, 0) is 0 Å². The van der Waals surface area contributed by atoms with Crippen molar-refractivity contribution in [2.75, 3.05) is 6.61 Å². The Hall–Kier alpha value is -0.0800. The van der Waals surface area contributed by atoms with Crippen LogP contribution in [0.4, 0.5) is 0 Å². The second kappa shape index (κ2) is 8.25. The summed E-state index contributed by atoms with van der Waals surface area (Å²) in [7, 11) is 0. The summed E-state index contributed by atoms with van der Waals surface area (Å²) in [5.41, 5.74) is 0. The summed E-state index contributed by atoms with van der Waals surface area (Å²) in [6, 6.07) is 0. The Morgan fingerprint density at radius 3 is 2.14 bits per heavy atom. The molecule has 0 aromatic heterocycles. The summed E-state index contributed by atoms with van der Waals surface area (Å²) in [4.78, 5) is 0. The lowest BCUT2D eigenvalue weighted by molar-refractivity contribution is 0.119. The predicted molar refractivity (Wildman–Crippen MR) is 60.2 cm³/mol. The summed E-state index contributed by atoms with van der Waals surface area (Å²) < 4.78 is 0. The molecular weight excluding hydrogens is 176 g/mol. The first-order chi connectivity index (χ1) is 6.56. The second-order valence-corrected chi connectivity index (χ2v) is 4.84. The highest BCUT2D eigenvalue weighted by atomic mass is 16.3. The van der Waals surface area contributed by atoms with E-state index in [0.29, 0.717) is 18.4 Å². The van der Waals surface area contributed by atoms with E-state index < -0.39 is 0 Å². The Morgan fingerprint density at radius 1 is 1.00 bits per heavy atom. The molecule has 0 aliphatic rings. The minimum Gasteiger partial charge on any atom is -0.396 e. The molecule has 86 valence electrons. The fourth-order valence-electron chi connectivity index (χ4n) is 1.83. The first-order valence-electron chi connectivity index (χ1n) is 5.85. The molecule has 0 heterocycles. The monoisotopic (exact) mass is 202 g/mol. The molecule has 0 saturated heterocycles. The minimum absolute atomic E-state index is 0.140. The van der Waals surface area contributed by atoms with E-state index >= 15 is 0 Å². The largest absolute Gasteiger partial charge is 0.396 e. The van der Waals surface area contributed by atoms with Gasteiger partial charge in [-0.05, 0) is 31.1 Å². The van der Waals surface area contributed by atoms with Gasteiger partial charge in [-0.3, -0.25) is 0 Å². The third-order valence-corrected chi connectivity index (χ3v) is 2.52. The molecule has 0 saturated carbocycles. The van der Waals surface area contributed by atoms with Crippen LogP contribution in [0.3, 0.4) is 0 Å². The van der Waals surface area contributed by atoms with Gasteiger partial charge in [0.15, 0.2) is 0 Å². The van der Waals surface area contributed by atoms with E-state index in [0.717, 1.165) is 32.1 Å². The highest BCUT2D eigenvalue weighted by Crippen LogP contribution is 2.17. The van der Waals surface area contributed by atoms with Gasteiger partial charge in [0.05, 0.1) is 6.10 Å². The molecule has 2 N–H and O–H groups in total. The van der Waals surface area contributed by atoms with Crippen LogP contribution in [0.2, 0.25) is 0 Å². The van der Waals surface area contributed by atoms with Crippen molar-refractivity contribution < 1.29 is 10.2 Å². The second-order valence-electron chi connectivity index (χ2n) is 4.84. The van der Waals surface area contributed by atoms with Gasteiger partial charge in [0.2, 0.25) is 0 Å². The number of aliphatic hydroxyl groups excluding tert-OH is 2. The molecule has 0 radical (unpaired) electrons. The molecule has 0 aliphatic carbocycles. The van der Waals surface area contributed by atoms with Crippen LogP contribution < -0.4 is 0 Å². The maximum atomic E-state index is 9.70. The topological polar surface area (TPSA) is 40.5 Å². The standard InChI is InChI=1S/C12H26O2/c1-10(2)8-12(14)9-11(3)6-4-5-7-13/h10-14H,4-9H2,1-3H3. The van der Waals surface area contributed by atoms with Crippen LogP contribution >= 0.6 is 0 Å². The lowest BCUT2D eigenvalue weighted by Gasteiger charge is -2.17. The van der Waals surface area contributed by atoms with Crippen molar-refractivity contribution in [2.45, 2.75) is 59.0 Å². The van der Waals surface area contributed by atoms with E-state index in [4.69, 9.17) is 5.11 Å². The van der Waals surface area contributed by atoms with Crippen molar-refractivity contribution in [3.05, 3.63) is 0 Å². The average Bonchev–Trinajstić information content (AvgIpc) is 2.02. The van der Waals surface area contributed by atoms with Crippen LogP contribution in [0.5, 0.6) is 0 Å². The van der Waals surface area contributed by atoms with E-state index in [2.05, 4.69) is 20.8 Å². The summed E-state index contributed by atoms with van der Waals surface area (Å²) in [6.45, 7) is 6.75. The van der Waals surface area contributed by atoms with E-state index in [1.165, 1.54) is 0 Å². The van der Waals surface area contributed by atoms with Crippen LogP contribution in [0, 0.1) is 11.8 Å². The van der Waals surface area contributed by atoms with Crippen molar-refractivity contribution >= 4 is 0 Å². The zero-order chi connectivity index (χ0) is 11.0. The van der Waals surface area contributed by atoms with Gasteiger partial charge in [-0.25, -0.2) is 0 Å². The first-order valence-corrected chi connectivity index (χ1v) is 5.85. The van der Waals surface area contributed by atoms with E-state index in [1.807, 2.05) is 0 Å². The number of unbranched alkanes of at least 4 members (excludes halogenated alkanes) is 1. The number of aliphatic hydroxyl groups is 2. The summed E-state index contributed by atoms with van der Waals surface area (Å²) in [5, 5.41) is 18.3. The van der Waals surface area contributed by atoms with Gasteiger partial charge in [-0.2, -0.15) is 0 Å². The number of hydrogen-bond acceptors (Lipinski definition) is 2. The molecule has 0 amide bonds. The quantitative estimate of drug-likeness (QED) is 0.594. The Balaban J connectivity index is 3.44. The molecular formula is C12H26O2. The highest BCUT2D eigenvalue weighted by molar-refractivity contribution is 4.63. The Bertz CT molecular complexity index is 123. The van der Waals surface area contributed by atoms with Crippen molar-refractivity contribution in [3.8, 4) is 0 Å². The van der Waals surface area contributed by atoms with Gasteiger partial charge in [0.1, 0.15) is 0 Å². The van der Waals surface area contributed by atoms with Crippen LogP contribution in [0.25, 0.3) is 0 Å². The summed E-state index contributed by atoms with van der Waals surface area (Å²) >= 11 is 0. The van der Waals surface area contributed by atoms with Crippen molar-refractivity contribution in [3.63, 3.8) is 0 Å². The molecule has 0 bridgehead atoms. The highest BCUT2D eigenvalue weighted by Gasteiger charge is 2.11. The molecule has 0 spiro atoms. The van der Waals surface area contributed by atoms with Crippen molar-refractivity contribution in [1.82, 2.24) is 0 Å². The number of hydrogen-bond donors (Lipinski definition) is 2. The van der Waals surface area contributed by atoms with Crippen molar-refractivity contribution in [2.24, 2.45) is 11.8 Å². The Kier molecular flexibility index (Phi) is 8.20. The lowest BCUT2D eigenvalue weighted by atomic mass is 9.93. The average molecular weight is 202 g/mol. The van der Waals surface area contributed by atoms with Gasteiger partial charge in [0, 0.05) is 6.61 Å². The molecule has 0 aromatic rings. The molecule has 0 fully saturated rings. The van der Waals surface area contributed by atoms with Gasteiger partial charge < -0.3 is 10.2 Å². The molecule has 2 heteroatoms. The Labute approximate surface area is 88.3 Å². The van der Waals surface area contributed by atoms with Crippen LogP contribution in [-0.4, -0.2) is 22.9 Å². The smallest absolute Gasteiger partial charge is 0.0545 e. The number of rotatable bonds is 8. The van der Waals surface area contributed by atoms with Crippen LogP contribution in [0.15, 0.2) is 0 Å². The molecule has 0 rings (SSSR count). The maximum Gasteiger partial charge on any atom is 0.0545 e.